The molecule has 2 N–H and O–H groups in total. The summed E-state index contributed by atoms with van der Waals surface area (Å²) in [6.45, 7) is 5.68. The Morgan fingerprint density at radius 2 is 1.94 bits per heavy atom. The zero-order valence-corrected chi connectivity index (χ0v) is 11.6. The van der Waals surface area contributed by atoms with Crippen LogP contribution in [0.4, 0.5) is 5.69 Å². The van der Waals surface area contributed by atoms with Crippen molar-refractivity contribution in [3.63, 3.8) is 0 Å². The minimum atomic E-state index is -0.665. The molecule has 1 aromatic carbocycles. The van der Waals surface area contributed by atoms with Gasteiger partial charge in [-0.1, -0.05) is 17.7 Å². The van der Waals surface area contributed by atoms with E-state index in [-0.39, 0.29) is 0 Å². The van der Waals surface area contributed by atoms with E-state index in [0.29, 0.717) is 12.8 Å². The third-order valence-corrected chi connectivity index (χ3v) is 3.88. The Labute approximate surface area is 113 Å². The fourth-order valence-corrected chi connectivity index (χ4v) is 2.99. The van der Waals surface area contributed by atoms with Gasteiger partial charge in [0.15, 0.2) is 0 Å². The molecule has 96 valence electrons. The molecule has 0 bridgehead atoms. The Balaban J connectivity index is 2.23. The molecule has 1 aliphatic heterocycles. The van der Waals surface area contributed by atoms with Gasteiger partial charge in [-0.3, -0.25) is 0 Å². The third-order valence-electron chi connectivity index (χ3n) is 3.59. The highest BCUT2D eigenvalue weighted by molar-refractivity contribution is 6.33. The topological polar surface area (TPSA) is 53.0 Å². The Hall–Kier alpha value is -1.24. The molecule has 1 fully saturated rings. The lowest BCUT2D eigenvalue weighted by molar-refractivity contribution is 0.415. The Kier molecular flexibility index (Phi) is 3.52. The van der Waals surface area contributed by atoms with Crippen LogP contribution in [0.3, 0.4) is 0 Å². The van der Waals surface area contributed by atoms with Crippen molar-refractivity contribution in [2.45, 2.75) is 32.2 Å². The van der Waals surface area contributed by atoms with E-state index in [4.69, 9.17) is 22.6 Å². The number of anilines is 1. The summed E-state index contributed by atoms with van der Waals surface area (Å²) in [6.07, 6.45) is 1.38. The molecule has 0 amide bonds. The number of halogens is 1. The second-order valence-corrected chi connectivity index (χ2v) is 5.57. The number of nitriles is 1. The molecular weight excluding hydrogens is 246 g/mol. The predicted molar refractivity (Wildman–Crippen MR) is 74.9 cm³/mol. The van der Waals surface area contributed by atoms with Crippen molar-refractivity contribution in [3.8, 4) is 6.07 Å². The number of nitrogens with zero attached hydrogens (tertiary/aromatic N) is 2. The molecule has 0 aliphatic carbocycles. The van der Waals surface area contributed by atoms with Gasteiger partial charge in [-0.25, -0.2) is 0 Å². The first-order valence-corrected chi connectivity index (χ1v) is 6.55. The Morgan fingerprint density at radius 1 is 1.33 bits per heavy atom. The largest absolute Gasteiger partial charge is 0.370 e. The molecule has 1 aromatic rings. The van der Waals surface area contributed by atoms with E-state index in [1.807, 2.05) is 13.0 Å². The number of rotatable bonds is 1. The molecule has 18 heavy (non-hydrogen) atoms. The van der Waals surface area contributed by atoms with Crippen molar-refractivity contribution >= 4 is 17.3 Å². The lowest BCUT2D eigenvalue weighted by Gasteiger charge is -2.37. The van der Waals surface area contributed by atoms with Crippen molar-refractivity contribution < 1.29 is 0 Å². The zero-order valence-electron chi connectivity index (χ0n) is 10.8. The van der Waals surface area contributed by atoms with Crippen LogP contribution in [-0.2, 0) is 0 Å². The van der Waals surface area contributed by atoms with Crippen molar-refractivity contribution in [2.24, 2.45) is 5.73 Å². The van der Waals surface area contributed by atoms with Gasteiger partial charge in [0.05, 0.1) is 16.8 Å². The van der Waals surface area contributed by atoms with Crippen LogP contribution in [0.2, 0.25) is 5.02 Å². The summed E-state index contributed by atoms with van der Waals surface area (Å²) in [5.41, 5.74) is 8.75. The first-order chi connectivity index (χ1) is 8.45. The number of benzene rings is 1. The molecule has 1 saturated heterocycles. The molecule has 2 rings (SSSR count). The van der Waals surface area contributed by atoms with E-state index in [9.17, 15) is 0 Å². The van der Waals surface area contributed by atoms with Crippen LogP contribution in [0.5, 0.6) is 0 Å². The lowest BCUT2D eigenvalue weighted by atomic mass is 9.90. The van der Waals surface area contributed by atoms with Gasteiger partial charge >= 0.3 is 0 Å². The maximum absolute atomic E-state index is 9.03. The van der Waals surface area contributed by atoms with Crippen LogP contribution in [0, 0.1) is 25.2 Å². The molecule has 4 heteroatoms. The van der Waals surface area contributed by atoms with Gasteiger partial charge in [-0.05, 0) is 43.9 Å². The number of aryl methyl sites for hydroxylation is 2. The van der Waals surface area contributed by atoms with Crippen molar-refractivity contribution in [1.82, 2.24) is 0 Å². The van der Waals surface area contributed by atoms with Gasteiger partial charge in [0.25, 0.3) is 0 Å². The summed E-state index contributed by atoms with van der Waals surface area (Å²) in [6, 6.07) is 6.33. The lowest BCUT2D eigenvalue weighted by Crippen LogP contribution is -2.49. The monoisotopic (exact) mass is 263 g/mol. The molecule has 0 unspecified atom stereocenters. The highest BCUT2D eigenvalue weighted by atomic mass is 35.5. The van der Waals surface area contributed by atoms with Crippen molar-refractivity contribution in [3.05, 3.63) is 28.3 Å². The average molecular weight is 264 g/mol. The first kappa shape index (κ1) is 13.2. The number of piperidine rings is 1. The minimum absolute atomic E-state index is 0.665. The standard InChI is InChI=1S/C14H18ClN3/c1-10-7-11(2)13(12(15)8-10)18-5-3-14(17,9-16)4-6-18/h7-8H,3-6,17H2,1-2H3. The number of hydrogen-bond acceptors (Lipinski definition) is 3. The number of nitrogens with two attached hydrogens (primary N) is 1. The smallest absolute Gasteiger partial charge is 0.107 e. The third kappa shape index (κ3) is 2.45. The van der Waals surface area contributed by atoms with E-state index in [1.54, 1.807) is 0 Å². The Morgan fingerprint density at radius 3 is 2.44 bits per heavy atom. The normalized spacial score (nSPS) is 18.5. The average Bonchev–Trinajstić information content (AvgIpc) is 2.30. The molecule has 1 aliphatic rings. The van der Waals surface area contributed by atoms with Gasteiger partial charge in [0, 0.05) is 13.1 Å². The second-order valence-electron chi connectivity index (χ2n) is 5.17. The first-order valence-electron chi connectivity index (χ1n) is 6.17. The minimum Gasteiger partial charge on any atom is -0.370 e. The SMILES string of the molecule is Cc1cc(C)c(N2CCC(N)(C#N)CC2)c(Cl)c1. The van der Waals surface area contributed by atoms with Crippen molar-refractivity contribution in [1.29, 1.82) is 5.26 Å². The van der Waals surface area contributed by atoms with Crippen LogP contribution in [0.1, 0.15) is 24.0 Å². The molecule has 0 saturated carbocycles. The highest BCUT2D eigenvalue weighted by Gasteiger charge is 2.31. The van der Waals surface area contributed by atoms with Crippen LogP contribution >= 0.6 is 11.6 Å². The summed E-state index contributed by atoms with van der Waals surface area (Å²) in [7, 11) is 0. The number of hydrogen-bond donors (Lipinski definition) is 1. The van der Waals surface area contributed by atoms with E-state index in [2.05, 4.69) is 24.0 Å². The summed E-state index contributed by atoms with van der Waals surface area (Å²) in [5, 5.41) is 9.82. The zero-order chi connectivity index (χ0) is 13.3. The predicted octanol–water partition coefficient (Wildman–Crippen LogP) is 2.78. The Bertz CT molecular complexity index is 473. The molecule has 0 spiro atoms. The fourth-order valence-electron chi connectivity index (χ4n) is 2.55. The van der Waals surface area contributed by atoms with Crippen LogP contribution in [0.25, 0.3) is 0 Å². The summed E-state index contributed by atoms with van der Waals surface area (Å²) < 4.78 is 0. The van der Waals surface area contributed by atoms with Gasteiger partial charge < -0.3 is 10.6 Å². The molecule has 0 aromatic heterocycles. The second kappa shape index (κ2) is 4.79. The van der Waals surface area contributed by atoms with E-state index in [1.165, 1.54) is 11.1 Å². The molecular formula is C14H18ClN3. The van der Waals surface area contributed by atoms with Gasteiger partial charge in [0.1, 0.15) is 5.54 Å². The van der Waals surface area contributed by atoms with E-state index in [0.717, 1.165) is 23.8 Å². The van der Waals surface area contributed by atoms with E-state index >= 15 is 0 Å². The molecule has 0 atom stereocenters. The molecule has 1 heterocycles. The maximum Gasteiger partial charge on any atom is 0.107 e. The summed E-state index contributed by atoms with van der Waals surface area (Å²) >= 11 is 6.34. The van der Waals surface area contributed by atoms with Gasteiger partial charge in [0.2, 0.25) is 0 Å². The summed E-state index contributed by atoms with van der Waals surface area (Å²) in [5.74, 6) is 0. The van der Waals surface area contributed by atoms with Crippen LogP contribution < -0.4 is 10.6 Å². The summed E-state index contributed by atoms with van der Waals surface area (Å²) in [4.78, 5) is 2.24. The quantitative estimate of drug-likeness (QED) is 0.848. The van der Waals surface area contributed by atoms with Gasteiger partial charge in [-0.15, -0.1) is 0 Å². The molecule has 3 nitrogen and oxygen atoms in total. The van der Waals surface area contributed by atoms with E-state index < -0.39 is 5.54 Å². The fraction of sp³-hybridized carbons (Fsp3) is 0.500. The molecule has 0 radical (unpaired) electrons. The van der Waals surface area contributed by atoms with Crippen molar-refractivity contribution in [2.75, 3.05) is 18.0 Å². The van der Waals surface area contributed by atoms with Crippen LogP contribution in [0.15, 0.2) is 12.1 Å². The van der Waals surface area contributed by atoms with Gasteiger partial charge in [-0.2, -0.15) is 5.26 Å². The highest BCUT2D eigenvalue weighted by Crippen LogP contribution is 2.34. The van der Waals surface area contributed by atoms with Crippen LogP contribution in [-0.4, -0.2) is 18.6 Å². The maximum atomic E-state index is 9.03.